The minimum atomic E-state index is -0.160. The molecule has 0 aliphatic carbocycles. The van der Waals surface area contributed by atoms with Crippen LogP contribution in [0.5, 0.6) is 0 Å². The lowest BCUT2D eigenvalue weighted by Gasteiger charge is -2.35. The van der Waals surface area contributed by atoms with Crippen LogP contribution < -0.4 is 15.5 Å². The van der Waals surface area contributed by atoms with Gasteiger partial charge in [0, 0.05) is 61.8 Å². The van der Waals surface area contributed by atoms with Crippen molar-refractivity contribution in [3.05, 3.63) is 60.3 Å². The van der Waals surface area contributed by atoms with E-state index < -0.39 is 0 Å². The molecule has 1 amide bonds. The Morgan fingerprint density at radius 3 is 2.45 bits per heavy atom. The molecule has 150 valence electrons. The Morgan fingerprint density at radius 2 is 1.79 bits per heavy atom. The van der Waals surface area contributed by atoms with Crippen LogP contribution in [-0.2, 0) is 0 Å². The Kier molecular flexibility index (Phi) is 5.48. The average Bonchev–Trinajstić information content (AvgIpc) is 3.27. The highest BCUT2D eigenvalue weighted by Crippen LogP contribution is 2.33. The minimum Gasteiger partial charge on any atom is -0.388 e. The number of hydrogen-bond donors (Lipinski definition) is 3. The number of piperazine rings is 1. The number of aromatic amines is 1. The summed E-state index contributed by atoms with van der Waals surface area (Å²) < 4.78 is 0. The van der Waals surface area contributed by atoms with Crippen molar-refractivity contribution in [2.24, 2.45) is 0 Å². The van der Waals surface area contributed by atoms with Crippen molar-refractivity contribution < 1.29 is 4.79 Å². The number of nitrogens with one attached hydrogen (secondary N) is 3. The lowest BCUT2D eigenvalue weighted by atomic mass is 9.99. The third-order valence-electron chi connectivity index (χ3n) is 5.34. The molecule has 7 heteroatoms. The van der Waals surface area contributed by atoms with Gasteiger partial charge in [-0.05, 0) is 42.9 Å². The minimum absolute atomic E-state index is 0.160. The normalized spacial score (nSPS) is 14.6. The van der Waals surface area contributed by atoms with Gasteiger partial charge in [0.25, 0.3) is 5.91 Å². The van der Waals surface area contributed by atoms with Crippen LogP contribution in [-0.4, -0.2) is 61.3 Å². The van der Waals surface area contributed by atoms with Gasteiger partial charge in [-0.25, -0.2) is 0 Å². The first-order chi connectivity index (χ1) is 14.1. The van der Waals surface area contributed by atoms with E-state index in [9.17, 15) is 4.79 Å². The molecule has 3 aromatic rings. The number of carbonyl (C=O) groups excluding carboxylic acids is 1. The summed E-state index contributed by atoms with van der Waals surface area (Å²) in [6.45, 7) is 4.00. The second kappa shape index (κ2) is 8.36. The molecule has 1 fully saturated rings. The molecule has 29 heavy (non-hydrogen) atoms. The van der Waals surface area contributed by atoms with Gasteiger partial charge in [-0.2, -0.15) is 5.10 Å². The standard InChI is InChI=1S/C22H26N6O/c1-23-18-6-3-16(4-7-18)19-15-17(22(29)25-21-9-10-24-26-21)5-8-20(19)28-13-11-27(2)12-14-28/h3-10,15,23H,11-14H2,1-2H3,(H2,24,25,26,29). The van der Waals surface area contributed by atoms with Gasteiger partial charge in [0.05, 0.1) is 6.20 Å². The van der Waals surface area contributed by atoms with Crippen LogP contribution in [0.15, 0.2) is 54.7 Å². The van der Waals surface area contributed by atoms with Gasteiger partial charge in [-0.3, -0.25) is 9.89 Å². The number of likely N-dealkylation sites (N-methyl/N-ethyl adjacent to an activating group) is 1. The van der Waals surface area contributed by atoms with E-state index in [4.69, 9.17) is 0 Å². The Balaban J connectivity index is 1.69. The molecular weight excluding hydrogens is 364 g/mol. The smallest absolute Gasteiger partial charge is 0.256 e. The number of benzene rings is 2. The highest BCUT2D eigenvalue weighted by molar-refractivity contribution is 6.05. The maximum atomic E-state index is 12.7. The van der Waals surface area contributed by atoms with Gasteiger partial charge in [0.2, 0.25) is 0 Å². The first-order valence-electron chi connectivity index (χ1n) is 9.80. The summed E-state index contributed by atoms with van der Waals surface area (Å²) in [5.74, 6) is 0.422. The number of H-pyrrole nitrogens is 1. The topological polar surface area (TPSA) is 76.3 Å². The Hall–Kier alpha value is -3.32. The maximum Gasteiger partial charge on any atom is 0.256 e. The molecule has 0 saturated carbocycles. The van der Waals surface area contributed by atoms with Crippen molar-refractivity contribution in [1.82, 2.24) is 15.1 Å². The van der Waals surface area contributed by atoms with E-state index in [1.165, 1.54) is 0 Å². The van der Waals surface area contributed by atoms with E-state index in [1.807, 2.05) is 19.2 Å². The zero-order chi connectivity index (χ0) is 20.2. The third kappa shape index (κ3) is 4.25. The molecule has 7 nitrogen and oxygen atoms in total. The summed E-state index contributed by atoms with van der Waals surface area (Å²) in [4.78, 5) is 17.5. The van der Waals surface area contributed by atoms with E-state index in [2.05, 4.69) is 68.0 Å². The molecule has 0 spiro atoms. The molecule has 1 aliphatic heterocycles. The van der Waals surface area contributed by atoms with Crippen LogP contribution in [0.3, 0.4) is 0 Å². The number of nitrogens with zero attached hydrogens (tertiary/aromatic N) is 3. The number of rotatable bonds is 5. The molecule has 0 unspecified atom stereocenters. The maximum absolute atomic E-state index is 12.7. The van der Waals surface area contributed by atoms with Crippen LogP contribution in [0.2, 0.25) is 0 Å². The summed E-state index contributed by atoms with van der Waals surface area (Å²) in [5.41, 5.74) is 4.99. The predicted octanol–water partition coefficient (Wildman–Crippen LogP) is 3.12. The summed E-state index contributed by atoms with van der Waals surface area (Å²) >= 11 is 0. The second-order valence-corrected chi connectivity index (χ2v) is 7.27. The molecule has 3 N–H and O–H groups in total. The molecule has 0 radical (unpaired) electrons. The Bertz CT molecular complexity index is 959. The first-order valence-corrected chi connectivity index (χ1v) is 9.80. The number of aromatic nitrogens is 2. The zero-order valence-electron chi connectivity index (χ0n) is 16.8. The summed E-state index contributed by atoms with van der Waals surface area (Å²) in [5, 5.41) is 12.6. The molecule has 1 saturated heterocycles. The van der Waals surface area contributed by atoms with Crippen molar-refractivity contribution in [2.75, 3.05) is 55.8 Å². The quantitative estimate of drug-likeness (QED) is 0.624. The van der Waals surface area contributed by atoms with E-state index in [0.29, 0.717) is 11.4 Å². The average molecular weight is 390 g/mol. The summed E-state index contributed by atoms with van der Waals surface area (Å²) in [7, 11) is 4.06. The summed E-state index contributed by atoms with van der Waals surface area (Å²) in [6.07, 6.45) is 1.61. The highest BCUT2D eigenvalue weighted by Gasteiger charge is 2.19. The third-order valence-corrected chi connectivity index (χ3v) is 5.34. The van der Waals surface area contributed by atoms with Crippen LogP contribution in [0.1, 0.15) is 10.4 Å². The van der Waals surface area contributed by atoms with E-state index in [-0.39, 0.29) is 5.91 Å². The van der Waals surface area contributed by atoms with Crippen LogP contribution in [0.25, 0.3) is 11.1 Å². The van der Waals surface area contributed by atoms with Gasteiger partial charge >= 0.3 is 0 Å². The zero-order valence-corrected chi connectivity index (χ0v) is 16.8. The fourth-order valence-corrected chi connectivity index (χ4v) is 3.57. The summed E-state index contributed by atoms with van der Waals surface area (Å²) in [6, 6.07) is 16.0. The van der Waals surface area contributed by atoms with E-state index in [1.54, 1.807) is 12.3 Å². The van der Waals surface area contributed by atoms with E-state index >= 15 is 0 Å². The highest BCUT2D eigenvalue weighted by atomic mass is 16.1. The van der Waals surface area contributed by atoms with Crippen molar-refractivity contribution in [1.29, 1.82) is 0 Å². The van der Waals surface area contributed by atoms with Crippen molar-refractivity contribution in [3.8, 4) is 11.1 Å². The lowest BCUT2D eigenvalue weighted by Crippen LogP contribution is -2.44. The van der Waals surface area contributed by atoms with Gasteiger partial charge in [0.15, 0.2) is 0 Å². The van der Waals surface area contributed by atoms with Crippen molar-refractivity contribution in [2.45, 2.75) is 0 Å². The fraction of sp³-hybridized carbons (Fsp3) is 0.273. The SMILES string of the molecule is CNc1ccc(-c2cc(C(=O)Nc3ccn[nH]3)ccc2N2CCN(C)CC2)cc1. The van der Waals surface area contributed by atoms with Gasteiger partial charge < -0.3 is 20.4 Å². The number of hydrogen-bond acceptors (Lipinski definition) is 5. The molecule has 0 atom stereocenters. The fourth-order valence-electron chi connectivity index (χ4n) is 3.57. The van der Waals surface area contributed by atoms with Crippen LogP contribution in [0.4, 0.5) is 17.2 Å². The number of anilines is 3. The van der Waals surface area contributed by atoms with Crippen LogP contribution in [0, 0.1) is 0 Å². The number of amides is 1. The van der Waals surface area contributed by atoms with Gasteiger partial charge in [-0.1, -0.05) is 12.1 Å². The lowest BCUT2D eigenvalue weighted by molar-refractivity contribution is 0.102. The molecule has 4 rings (SSSR count). The Morgan fingerprint density at radius 1 is 1.03 bits per heavy atom. The largest absolute Gasteiger partial charge is 0.388 e. The monoisotopic (exact) mass is 390 g/mol. The molecule has 1 aliphatic rings. The number of carbonyl (C=O) groups is 1. The van der Waals surface area contributed by atoms with Crippen molar-refractivity contribution >= 4 is 23.1 Å². The Labute approximate surface area is 170 Å². The van der Waals surface area contributed by atoms with Crippen molar-refractivity contribution in [3.63, 3.8) is 0 Å². The molecular formula is C22H26N6O. The molecule has 1 aromatic heterocycles. The molecule has 0 bridgehead atoms. The van der Waals surface area contributed by atoms with Gasteiger partial charge in [-0.15, -0.1) is 0 Å². The predicted molar refractivity (Wildman–Crippen MR) is 118 cm³/mol. The van der Waals surface area contributed by atoms with Crippen LogP contribution >= 0.6 is 0 Å². The molecule has 2 aromatic carbocycles. The second-order valence-electron chi connectivity index (χ2n) is 7.27. The molecule has 2 heterocycles. The van der Waals surface area contributed by atoms with E-state index in [0.717, 1.165) is 48.7 Å². The first kappa shape index (κ1) is 19.0. The van der Waals surface area contributed by atoms with Gasteiger partial charge in [0.1, 0.15) is 5.82 Å².